The van der Waals surface area contributed by atoms with Crippen molar-refractivity contribution in [2.75, 3.05) is 0 Å². The van der Waals surface area contributed by atoms with Gasteiger partial charge in [-0.25, -0.2) is 0 Å². The molecule has 0 radical (unpaired) electrons. The second-order valence-electron chi connectivity index (χ2n) is 4.74. The fraction of sp³-hybridized carbons (Fsp3) is 0.467. The van der Waals surface area contributed by atoms with Crippen LogP contribution in [0, 0.1) is 0 Å². The van der Waals surface area contributed by atoms with E-state index in [9.17, 15) is 0 Å². The molecule has 0 aromatic heterocycles. The molecular weight excluding hydrogens is 272 g/mol. The molecule has 4 nitrogen and oxygen atoms in total. The first-order valence-corrected chi connectivity index (χ1v) is 7.42. The van der Waals surface area contributed by atoms with Crippen LogP contribution in [0.15, 0.2) is 34.5 Å². The summed E-state index contributed by atoms with van der Waals surface area (Å²) in [5.74, 6) is -0.0255. The predicted octanol–water partition coefficient (Wildman–Crippen LogP) is 3.68. The Balaban J connectivity index is 2.68. The second-order valence-corrected chi connectivity index (χ2v) is 5.18. The summed E-state index contributed by atoms with van der Waals surface area (Å²) in [5, 5.41) is 8.62. The van der Waals surface area contributed by atoms with Gasteiger partial charge < -0.3 is 11.5 Å². The standard InChI is InChI=1S/C15H23ClN4/c1-2-3-4-5-6-7-14(19-20-15(17)18)12-8-10-13(16)11-9-12/h8-11H,2-7H2,1H3,(H4,17,18,20)/b19-14-. The zero-order valence-corrected chi connectivity index (χ0v) is 12.7. The Hall–Kier alpha value is -1.55. The molecule has 0 saturated carbocycles. The van der Waals surface area contributed by atoms with Crippen molar-refractivity contribution in [2.24, 2.45) is 21.7 Å². The lowest BCUT2D eigenvalue weighted by molar-refractivity contribution is 0.643. The highest BCUT2D eigenvalue weighted by Gasteiger charge is 2.04. The first-order chi connectivity index (χ1) is 9.63. The van der Waals surface area contributed by atoms with Crippen molar-refractivity contribution < 1.29 is 0 Å². The van der Waals surface area contributed by atoms with Gasteiger partial charge in [0.05, 0.1) is 5.71 Å². The number of hydrogen-bond donors (Lipinski definition) is 2. The highest BCUT2D eigenvalue weighted by atomic mass is 35.5. The molecule has 0 aliphatic carbocycles. The van der Waals surface area contributed by atoms with Gasteiger partial charge in [-0.15, -0.1) is 5.10 Å². The van der Waals surface area contributed by atoms with Gasteiger partial charge in [0.1, 0.15) is 0 Å². The van der Waals surface area contributed by atoms with Gasteiger partial charge in [-0.1, -0.05) is 56.3 Å². The van der Waals surface area contributed by atoms with Crippen molar-refractivity contribution in [1.29, 1.82) is 0 Å². The predicted molar refractivity (Wildman–Crippen MR) is 87.2 cm³/mol. The average Bonchev–Trinajstić information content (AvgIpc) is 2.43. The van der Waals surface area contributed by atoms with Crippen LogP contribution in [-0.4, -0.2) is 11.7 Å². The van der Waals surface area contributed by atoms with Crippen LogP contribution in [0.5, 0.6) is 0 Å². The molecule has 0 fully saturated rings. The number of nitrogens with two attached hydrogens (primary N) is 2. The maximum absolute atomic E-state index is 5.90. The third kappa shape index (κ3) is 6.57. The van der Waals surface area contributed by atoms with E-state index in [2.05, 4.69) is 17.1 Å². The lowest BCUT2D eigenvalue weighted by Gasteiger charge is -2.06. The maximum atomic E-state index is 5.90. The van der Waals surface area contributed by atoms with Crippen molar-refractivity contribution >= 4 is 23.3 Å². The quantitative estimate of drug-likeness (QED) is 0.332. The lowest BCUT2D eigenvalue weighted by Crippen LogP contribution is -2.22. The minimum atomic E-state index is -0.0255. The van der Waals surface area contributed by atoms with Gasteiger partial charge in [-0.3, -0.25) is 0 Å². The van der Waals surface area contributed by atoms with E-state index in [1.54, 1.807) is 0 Å². The fourth-order valence-corrected chi connectivity index (χ4v) is 2.03. The normalized spacial score (nSPS) is 11.4. The number of guanidine groups is 1. The van der Waals surface area contributed by atoms with Crippen LogP contribution in [0.25, 0.3) is 0 Å². The molecule has 0 unspecified atom stereocenters. The highest BCUT2D eigenvalue weighted by Crippen LogP contribution is 2.14. The third-order valence-electron chi connectivity index (χ3n) is 2.98. The molecule has 0 aliphatic heterocycles. The van der Waals surface area contributed by atoms with Crippen molar-refractivity contribution in [2.45, 2.75) is 45.4 Å². The van der Waals surface area contributed by atoms with E-state index in [0.29, 0.717) is 5.02 Å². The Morgan fingerprint density at radius 1 is 1.00 bits per heavy atom. The van der Waals surface area contributed by atoms with Crippen LogP contribution < -0.4 is 11.5 Å². The maximum Gasteiger partial charge on any atom is 0.211 e. The molecule has 0 amide bonds. The minimum absolute atomic E-state index is 0.0255. The Morgan fingerprint density at radius 2 is 1.65 bits per heavy atom. The van der Waals surface area contributed by atoms with Crippen LogP contribution in [0.3, 0.4) is 0 Å². The number of hydrogen-bond acceptors (Lipinski definition) is 2. The van der Waals surface area contributed by atoms with Crippen molar-refractivity contribution in [3.8, 4) is 0 Å². The third-order valence-corrected chi connectivity index (χ3v) is 3.23. The summed E-state index contributed by atoms with van der Waals surface area (Å²) in [6.45, 7) is 2.21. The molecule has 0 aliphatic rings. The smallest absolute Gasteiger partial charge is 0.211 e. The van der Waals surface area contributed by atoms with Crippen LogP contribution in [0.4, 0.5) is 0 Å². The van der Waals surface area contributed by atoms with Gasteiger partial charge in [0.25, 0.3) is 0 Å². The molecule has 0 heterocycles. The number of nitrogens with zero attached hydrogens (tertiary/aromatic N) is 2. The second kappa shape index (κ2) is 9.37. The van der Waals surface area contributed by atoms with E-state index >= 15 is 0 Å². The summed E-state index contributed by atoms with van der Waals surface area (Å²) in [7, 11) is 0. The van der Waals surface area contributed by atoms with Gasteiger partial charge in [0.2, 0.25) is 5.96 Å². The molecule has 0 atom stereocenters. The van der Waals surface area contributed by atoms with Gasteiger partial charge in [0.15, 0.2) is 0 Å². The van der Waals surface area contributed by atoms with E-state index in [1.165, 1.54) is 25.7 Å². The SMILES string of the molecule is CCCCCCC/C(=N/N=C(N)N)c1ccc(Cl)cc1. The van der Waals surface area contributed by atoms with E-state index in [0.717, 1.165) is 24.1 Å². The van der Waals surface area contributed by atoms with Crippen molar-refractivity contribution in [3.05, 3.63) is 34.9 Å². The molecule has 0 bridgehead atoms. The largest absolute Gasteiger partial charge is 0.369 e. The summed E-state index contributed by atoms with van der Waals surface area (Å²) < 4.78 is 0. The molecule has 1 aromatic carbocycles. The topological polar surface area (TPSA) is 76.8 Å². The summed E-state index contributed by atoms with van der Waals surface area (Å²) in [4.78, 5) is 0. The number of unbranched alkanes of at least 4 members (excludes halogenated alkanes) is 4. The summed E-state index contributed by atoms with van der Waals surface area (Å²) in [5.41, 5.74) is 12.6. The van der Waals surface area contributed by atoms with E-state index in [4.69, 9.17) is 23.1 Å². The Morgan fingerprint density at radius 3 is 2.25 bits per heavy atom. The van der Waals surface area contributed by atoms with Crippen molar-refractivity contribution in [1.82, 2.24) is 0 Å². The first kappa shape index (κ1) is 16.5. The van der Waals surface area contributed by atoms with E-state index in [1.807, 2.05) is 24.3 Å². The Kier molecular flexibility index (Phi) is 7.73. The van der Waals surface area contributed by atoms with Gasteiger partial charge in [0, 0.05) is 5.02 Å². The molecule has 5 heteroatoms. The molecule has 1 rings (SSSR count). The Labute approximate surface area is 125 Å². The molecule has 1 aromatic rings. The number of rotatable bonds is 8. The van der Waals surface area contributed by atoms with Crippen LogP contribution >= 0.6 is 11.6 Å². The summed E-state index contributed by atoms with van der Waals surface area (Å²) in [6, 6.07) is 7.57. The van der Waals surface area contributed by atoms with Gasteiger partial charge >= 0.3 is 0 Å². The zero-order valence-electron chi connectivity index (χ0n) is 12.0. The van der Waals surface area contributed by atoms with E-state index in [-0.39, 0.29) is 5.96 Å². The van der Waals surface area contributed by atoms with Crippen LogP contribution in [0.1, 0.15) is 51.0 Å². The fourth-order valence-electron chi connectivity index (χ4n) is 1.91. The highest BCUT2D eigenvalue weighted by molar-refractivity contribution is 6.30. The van der Waals surface area contributed by atoms with E-state index < -0.39 is 0 Å². The molecule has 110 valence electrons. The number of benzene rings is 1. The molecule has 20 heavy (non-hydrogen) atoms. The summed E-state index contributed by atoms with van der Waals surface area (Å²) in [6.07, 6.45) is 6.92. The lowest BCUT2D eigenvalue weighted by atomic mass is 10.0. The van der Waals surface area contributed by atoms with Crippen LogP contribution in [0.2, 0.25) is 5.02 Å². The molecule has 0 spiro atoms. The summed E-state index contributed by atoms with van der Waals surface area (Å²) >= 11 is 5.90. The van der Waals surface area contributed by atoms with Crippen LogP contribution in [-0.2, 0) is 0 Å². The van der Waals surface area contributed by atoms with Crippen molar-refractivity contribution in [3.63, 3.8) is 0 Å². The number of halogens is 1. The average molecular weight is 295 g/mol. The molecule has 0 saturated heterocycles. The molecule has 4 N–H and O–H groups in total. The minimum Gasteiger partial charge on any atom is -0.369 e. The first-order valence-electron chi connectivity index (χ1n) is 7.05. The Bertz CT molecular complexity index is 447. The van der Waals surface area contributed by atoms with Gasteiger partial charge in [-0.05, 0) is 30.5 Å². The van der Waals surface area contributed by atoms with Gasteiger partial charge in [-0.2, -0.15) is 5.10 Å². The monoisotopic (exact) mass is 294 g/mol. The zero-order chi connectivity index (χ0) is 14.8. The molecular formula is C15H23ClN4.